The molecule has 2 aliphatic rings. The quantitative estimate of drug-likeness (QED) is 0.779. The zero-order chi connectivity index (χ0) is 12.0. The van der Waals surface area contributed by atoms with Crippen LogP contribution in [0.25, 0.3) is 0 Å². The molecule has 2 aliphatic heterocycles. The van der Waals surface area contributed by atoms with Crippen molar-refractivity contribution in [2.24, 2.45) is 0 Å². The van der Waals surface area contributed by atoms with Crippen LogP contribution in [-0.2, 0) is 5.60 Å². The maximum absolute atomic E-state index is 13.0. The fraction of sp³-hybridized carbons (Fsp3) is 0.615. The molecule has 4 heteroatoms. The molecule has 0 aromatic carbocycles. The number of aryl methyl sites for hydroxylation is 1. The van der Waals surface area contributed by atoms with Crippen molar-refractivity contribution in [2.75, 3.05) is 0 Å². The van der Waals surface area contributed by atoms with Gasteiger partial charge in [-0.3, -0.25) is 4.98 Å². The monoisotopic (exact) mass is 236 g/mol. The van der Waals surface area contributed by atoms with Crippen molar-refractivity contribution in [3.05, 3.63) is 29.3 Å². The van der Waals surface area contributed by atoms with Crippen molar-refractivity contribution in [1.29, 1.82) is 0 Å². The predicted molar refractivity (Wildman–Crippen MR) is 62.0 cm³/mol. The molecular weight excluding hydrogens is 219 g/mol. The van der Waals surface area contributed by atoms with Crippen LogP contribution in [0.1, 0.15) is 36.9 Å². The second-order valence-electron chi connectivity index (χ2n) is 5.40. The Kier molecular flexibility index (Phi) is 2.45. The van der Waals surface area contributed by atoms with Crippen molar-refractivity contribution >= 4 is 0 Å². The first-order valence-electron chi connectivity index (χ1n) is 6.18. The molecule has 17 heavy (non-hydrogen) atoms. The third-order valence-electron chi connectivity index (χ3n) is 3.99. The van der Waals surface area contributed by atoms with Crippen molar-refractivity contribution in [2.45, 2.75) is 50.3 Å². The summed E-state index contributed by atoms with van der Waals surface area (Å²) < 4.78 is 13.0. The molecule has 0 amide bonds. The van der Waals surface area contributed by atoms with Gasteiger partial charge in [0, 0.05) is 12.1 Å². The minimum Gasteiger partial charge on any atom is -0.383 e. The van der Waals surface area contributed by atoms with Gasteiger partial charge in [-0.05, 0) is 44.2 Å². The number of nitrogens with one attached hydrogen (secondary N) is 1. The van der Waals surface area contributed by atoms with E-state index < -0.39 is 5.60 Å². The lowest BCUT2D eigenvalue weighted by atomic mass is 9.83. The van der Waals surface area contributed by atoms with E-state index in [1.165, 1.54) is 12.3 Å². The van der Waals surface area contributed by atoms with E-state index in [1.54, 1.807) is 0 Å². The molecular formula is C13H17FN2O. The van der Waals surface area contributed by atoms with Gasteiger partial charge in [0.05, 0.1) is 11.9 Å². The second-order valence-corrected chi connectivity index (χ2v) is 5.40. The molecule has 3 heterocycles. The molecule has 2 saturated heterocycles. The molecule has 2 bridgehead atoms. The first-order valence-corrected chi connectivity index (χ1v) is 6.18. The molecule has 2 atom stereocenters. The lowest BCUT2D eigenvalue weighted by Gasteiger charge is -2.37. The van der Waals surface area contributed by atoms with Gasteiger partial charge in [-0.2, -0.15) is 0 Å². The fourth-order valence-corrected chi connectivity index (χ4v) is 3.34. The summed E-state index contributed by atoms with van der Waals surface area (Å²) in [5.41, 5.74) is 0.514. The number of aliphatic hydroxyl groups is 1. The fourth-order valence-electron chi connectivity index (χ4n) is 3.34. The first-order chi connectivity index (χ1) is 8.07. The van der Waals surface area contributed by atoms with Gasteiger partial charge in [0.25, 0.3) is 0 Å². The molecule has 0 aliphatic carbocycles. The minimum atomic E-state index is -0.880. The Morgan fingerprint density at radius 3 is 2.65 bits per heavy atom. The summed E-state index contributed by atoms with van der Waals surface area (Å²) in [7, 11) is 0. The number of halogens is 1. The molecule has 3 nitrogen and oxygen atoms in total. The van der Waals surface area contributed by atoms with Crippen LogP contribution in [0.3, 0.4) is 0 Å². The number of fused-ring (bicyclic) bond motifs is 2. The molecule has 3 rings (SSSR count). The van der Waals surface area contributed by atoms with E-state index in [9.17, 15) is 9.50 Å². The first kappa shape index (κ1) is 11.1. The zero-order valence-electron chi connectivity index (χ0n) is 9.91. The van der Waals surface area contributed by atoms with E-state index in [-0.39, 0.29) is 5.82 Å². The summed E-state index contributed by atoms with van der Waals surface area (Å²) >= 11 is 0. The number of pyridine rings is 1. The number of hydrogen-bond donors (Lipinski definition) is 2. The minimum absolute atomic E-state index is 0.341. The van der Waals surface area contributed by atoms with Crippen LogP contribution in [-0.4, -0.2) is 22.2 Å². The van der Waals surface area contributed by atoms with E-state index in [2.05, 4.69) is 10.3 Å². The summed E-state index contributed by atoms with van der Waals surface area (Å²) in [4.78, 5) is 4.12. The average Bonchev–Trinajstić information content (AvgIpc) is 2.58. The van der Waals surface area contributed by atoms with Crippen molar-refractivity contribution in [3.8, 4) is 0 Å². The summed E-state index contributed by atoms with van der Waals surface area (Å²) in [5.74, 6) is -0.341. The van der Waals surface area contributed by atoms with E-state index in [1.807, 2.05) is 6.92 Å². The molecule has 2 fully saturated rings. The van der Waals surface area contributed by atoms with Gasteiger partial charge in [-0.15, -0.1) is 0 Å². The molecule has 2 N–H and O–H groups in total. The van der Waals surface area contributed by atoms with E-state index in [0.717, 1.165) is 18.4 Å². The number of aromatic nitrogens is 1. The smallest absolute Gasteiger partial charge is 0.141 e. The van der Waals surface area contributed by atoms with Crippen molar-refractivity contribution in [1.82, 2.24) is 10.3 Å². The Morgan fingerprint density at radius 2 is 2.06 bits per heavy atom. The number of piperidine rings is 1. The van der Waals surface area contributed by atoms with Crippen molar-refractivity contribution in [3.63, 3.8) is 0 Å². The third-order valence-corrected chi connectivity index (χ3v) is 3.99. The molecule has 1 aromatic rings. The Hall–Kier alpha value is -1.00. The Labute approximate surface area is 100 Å². The van der Waals surface area contributed by atoms with Crippen LogP contribution < -0.4 is 5.32 Å². The highest BCUT2D eigenvalue weighted by Gasteiger charge is 2.44. The van der Waals surface area contributed by atoms with Gasteiger partial charge in [-0.1, -0.05) is 0 Å². The second kappa shape index (κ2) is 3.75. The maximum atomic E-state index is 13.0. The van der Waals surface area contributed by atoms with Crippen LogP contribution in [0.4, 0.5) is 4.39 Å². The highest BCUT2D eigenvalue weighted by Crippen LogP contribution is 2.40. The van der Waals surface area contributed by atoms with E-state index in [0.29, 0.717) is 30.6 Å². The third kappa shape index (κ3) is 1.85. The summed E-state index contributed by atoms with van der Waals surface area (Å²) in [6.45, 7) is 1.81. The predicted octanol–water partition coefficient (Wildman–Crippen LogP) is 1.63. The topological polar surface area (TPSA) is 45.2 Å². The van der Waals surface area contributed by atoms with Crippen LogP contribution in [0.15, 0.2) is 12.3 Å². The SMILES string of the molecule is Cc1cc(F)cnc1C1(O)CC2CCC(C1)N2. The Bertz CT molecular complexity index is 437. The van der Waals surface area contributed by atoms with Crippen molar-refractivity contribution < 1.29 is 9.50 Å². The van der Waals surface area contributed by atoms with Gasteiger partial charge < -0.3 is 10.4 Å². The maximum Gasteiger partial charge on any atom is 0.141 e. The van der Waals surface area contributed by atoms with Gasteiger partial charge in [0.15, 0.2) is 0 Å². The van der Waals surface area contributed by atoms with E-state index >= 15 is 0 Å². The van der Waals surface area contributed by atoms with Gasteiger partial charge in [0.1, 0.15) is 11.4 Å². The van der Waals surface area contributed by atoms with E-state index in [4.69, 9.17) is 0 Å². The molecule has 2 unspecified atom stereocenters. The standard InChI is InChI=1S/C13H17FN2O/c1-8-4-9(14)7-15-12(8)13(17)5-10-2-3-11(6-13)16-10/h4,7,10-11,16-17H,2-3,5-6H2,1H3. The molecule has 0 saturated carbocycles. The molecule has 0 radical (unpaired) electrons. The lowest BCUT2D eigenvalue weighted by molar-refractivity contribution is -0.0159. The summed E-state index contributed by atoms with van der Waals surface area (Å²) in [5, 5.41) is 14.3. The molecule has 0 spiro atoms. The Morgan fingerprint density at radius 1 is 1.41 bits per heavy atom. The zero-order valence-corrected chi connectivity index (χ0v) is 9.91. The normalized spacial score (nSPS) is 36.2. The van der Waals surface area contributed by atoms with Gasteiger partial charge in [-0.25, -0.2) is 4.39 Å². The number of hydrogen-bond acceptors (Lipinski definition) is 3. The molecule has 1 aromatic heterocycles. The lowest BCUT2D eigenvalue weighted by Crippen LogP contribution is -2.47. The molecule has 92 valence electrons. The van der Waals surface area contributed by atoms with Crippen LogP contribution >= 0.6 is 0 Å². The van der Waals surface area contributed by atoms with Crippen LogP contribution in [0, 0.1) is 12.7 Å². The van der Waals surface area contributed by atoms with Crippen LogP contribution in [0.2, 0.25) is 0 Å². The highest BCUT2D eigenvalue weighted by atomic mass is 19.1. The van der Waals surface area contributed by atoms with Gasteiger partial charge in [0.2, 0.25) is 0 Å². The number of rotatable bonds is 1. The average molecular weight is 236 g/mol. The highest BCUT2D eigenvalue weighted by molar-refractivity contribution is 5.26. The Balaban J connectivity index is 1.97. The largest absolute Gasteiger partial charge is 0.383 e. The van der Waals surface area contributed by atoms with Crippen LogP contribution in [0.5, 0.6) is 0 Å². The van der Waals surface area contributed by atoms with Gasteiger partial charge >= 0.3 is 0 Å². The summed E-state index contributed by atoms with van der Waals surface area (Å²) in [6, 6.07) is 2.21. The summed E-state index contributed by atoms with van der Waals surface area (Å²) in [6.07, 6.45) is 4.80. The number of nitrogens with zero attached hydrogens (tertiary/aromatic N) is 1.